The van der Waals surface area contributed by atoms with E-state index in [9.17, 15) is 5.11 Å². The molecule has 0 saturated heterocycles. The number of aromatic hydroxyl groups is 1. The van der Waals surface area contributed by atoms with Gasteiger partial charge in [0.2, 0.25) is 5.88 Å². The largest absolute Gasteiger partial charge is 0.493 e. The van der Waals surface area contributed by atoms with E-state index in [1.807, 2.05) is 0 Å². The van der Waals surface area contributed by atoms with Gasteiger partial charge in [-0.05, 0) is 12.8 Å². The van der Waals surface area contributed by atoms with E-state index in [1.54, 1.807) is 10.9 Å². The number of aryl methyl sites for hydroxylation is 2. The van der Waals surface area contributed by atoms with E-state index in [0.717, 1.165) is 31.4 Å². The maximum atomic E-state index is 9.59. The summed E-state index contributed by atoms with van der Waals surface area (Å²) in [6, 6.07) is 0. The van der Waals surface area contributed by atoms with Crippen molar-refractivity contribution in [2.24, 2.45) is 0 Å². The normalized spacial score (nSPS) is 10.5. The van der Waals surface area contributed by atoms with Crippen molar-refractivity contribution in [2.45, 2.75) is 39.7 Å². The van der Waals surface area contributed by atoms with Crippen LogP contribution < -0.4 is 0 Å². The lowest BCUT2D eigenvalue weighted by atomic mass is 10.2. The number of hydrogen-bond donors (Lipinski definition) is 1. The second kappa shape index (κ2) is 4.14. The smallest absolute Gasteiger partial charge is 0.212 e. The van der Waals surface area contributed by atoms with Crippen LogP contribution in [0.1, 0.15) is 32.3 Å². The van der Waals surface area contributed by atoms with Crippen LogP contribution >= 0.6 is 0 Å². The highest BCUT2D eigenvalue weighted by Crippen LogP contribution is 2.17. The maximum Gasteiger partial charge on any atom is 0.212 e. The van der Waals surface area contributed by atoms with Gasteiger partial charge in [-0.25, -0.2) is 4.68 Å². The molecule has 1 N–H and O–H groups in total. The van der Waals surface area contributed by atoms with E-state index >= 15 is 0 Å². The third-order valence-electron chi connectivity index (χ3n) is 1.84. The van der Waals surface area contributed by atoms with E-state index in [0.29, 0.717) is 5.88 Å². The van der Waals surface area contributed by atoms with E-state index in [2.05, 4.69) is 18.9 Å². The van der Waals surface area contributed by atoms with Gasteiger partial charge >= 0.3 is 0 Å². The average molecular weight is 168 g/mol. The summed E-state index contributed by atoms with van der Waals surface area (Å²) in [4.78, 5) is 0. The second-order valence-corrected chi connectivity index (χ2v) is 2.97. The summed E-state index contributed by atoms with van der Waals surface area (Å²) in [6.45, 7) is 4.97. The fourth-order valence-electron chi connectivity index (χ4n) is 1.24. The summed E-state index contributed by atoms with van der Waals surface area (Å²) < 4.78 is 1.66. The molecule has 0 atom stereocenters. The van der Waals surface area contributed by atoms with Gasteiger partial charge in [-0.15, -0.1) is 0 Å². The molecule has 0 aliphatic heterocycles. The number of nitrogens with zero attached hydrogens (tertiary/aromatic N) is 2. The van der Waals surface area contributed by atoms with Gasteiger partial charge in [0, 0.05) is 12.1 Å². The Bertz CT molecular complexity index is 219. The zero-order chi connectivity index (χ0) is 8.97. The van der Waals surface area contributed by atoms with E-state index in [1.165, 1.54) is 0 Å². The van der Waals surface area contributed by atoms with Crippen LogP contribution in [0.2, 0.25) is 0 Å². The van der Waals surface area contributed by atoms with Crippen molar-refractivity contribution in [2.75, 3.05) is 0 Å². The fraction of sp³-hybridized carbons (Fsp3) is 0.667. The molecule has 0 saturated carbocycles. The minimum absolute atomic E-state index is 0.346. The molecule has 0 spiro atoms. The Balaban J connectivity index is 2.74. The summed E-state index contributed by atoms with van der Waals surface area (Å²) in [5.74, 6) is 0.346. The first-order valence-electron chi connectivity index (χ1n) is 4.53. The molecule has 0 unspecified atom stereocenters. The first-order valence-corrected chi connectivity index (χ1v) is 4.53. The van der Waals surface area contributed by atoms with Crippen molar-refractivity contribution < 1.29 is 5.11 Å². The maximum absolute atomic E-state index is 9.59. The molecule has 3 heteroatoms. The molecule has 68 valence electrons. The highest BCUT2D eigenvalue weighted by molar-refractivity contribution is 5.22. The standard InChI is InChI=1S/C9H16N2O/c1-3-5-8-7-10-11(6-4-2)9(8)12/h7,12H,3-6H2,1-2H3. The molecule has 0 aromatic carbocycles. The molecule has 1 aromatic heterocycles. The summed E-state index contributed by atoms with van der Waals surface area (Å²) in [7, 11) is 0. The fourth-order valence-corrected chi connectivity index (χ4v) is 1.24. The minimum Gasteiger partial charge on any atom is -0.493 e. The zero-order valence-electron chi connectivity index (χ0n) is 7.75. The van der Waals surface area contributed by atoms with Crippen LogP contribution in [-0.2, 0) is 13.0 Å². The van der Waals surface area contributed by atoms with Crippen LogP contribution in [0, 0.1) is 0 Å². The average Bonchev–Trinajstić information content (AvgIpc) is 2.38. The van der Waals surface area contributed by atoms with E-state index < -0.39 is 0 Å². The van der Waals surface area contributed by atoms with Gasteiger partial charge in [0.05, 0.1) is 6.20 Å². The lowest BCUT2D eigenvalue weighted by Gasteiger charge is -2.00. The number of aromatic nitrogens is 2. The Labute approximate surface area is 73.0 Å². The van der Waals surface area contributed by atoms with Gasteiger partial charge in [0.15, 0.2) is 0 Å². The molecule has 0 aliphatic carbocycles. The van der Waals surface area contributed by atoms with Gasteiger partial charge in [-0.1, -0.05) is 20.3 Å². The lowest BCUT2D eigenvalue weighted by Crippen LogP contribution is -1.97. The van der Waals surface area contributed by atoms with Crippen LogP contribution in [0.4, 0.5) is 0 Å². The molecule has 12 heavy (non-hydrogen) atoms. The SMILES string of the molecule is CCCc1cnn(CCC)c1O. The van der Waals surface area contributed by atoms with Crippen LogP contribution in [0.15, 0.2) is 6.20 Å². The van der Waals surface area contributed by atoms with Crippen LogP contribution in [0.25, 0.3) is 0 Å². The first kappa shape index (κ1) is 9.10. The summed E-state index contributed by atoms with van der Waals surface area (Å²) in [5.41, 5.74) is 0.964. The van der Waals surface area contributed by atoms with Crippen molar-refractivity contribution in [3.63, 3.8) is 0 Å². The van der Waals surface area contributed by atoms with Crippen molar-refractivity contribution in [3.8, 4) is 5.88 Å². The topological polar surface area (TPSA) is 38.0 Å². The third kappa shape index (κ3) is 1.78. The van der Waals surface area contributed by atoms with Gasteiger partial charge in [-0.2, -0.15) is 5.10 Å². The van der Waals surface area contributed by atoms with Crippen molar-refractivity contribution >= 4 is 0 Å². The Morgan fingerprint density at radius 1 is 1.42 bits per heavy atom. The molecule has 1 aromatic rings. The molecular formula is C9H16N2O. The monoisotopic (exact) mass is 168 g/mol. The zero-order valence-corrected chi connectivity index (χ0v) is 7.75. The quantitative estimate of drug-likeness (QED) is 0.746. The molecule has 0 radical (unpaired) electrons. The summed E-state index contributed by atoms with van der Waals surface area (Å²) >= 11 is 0. The van der Waals surface area contributed by atoms with E-state index in [4.69, 9.17) is 0 Å². The van der Waals surface area contributed by atoms with Crippen LogP contribution in [-0.4, -0.2) is 14.9 Å². The lowest BCUT2D eigenvalue weighted by molar-refractivity contribution is 0.392. The first-order chi connectivity index (χ1) is 5.79. The molecule has 0 aliphatic rings. The van der Waals surface area contributed by atoms with E-state index in [-0.39, 0.29) is 0 Å². The molecule has 0 fully saturated rings. The van der Waals surface area contributed by atoms with Gasteiger partial charge < -0.3 is 5.11 Å². The van der Waals surface area contributed by atoms with Gasteiger partial charge in [0.25, 0.3) is 0 Å². The van der Waals surface area contributed by atoms with Crippen LogP contribution in [0.5, 0.6) is 5.88 Å². The van der Waals surface area contributed by atoms with Crippen molar-refractivity contribution in [1.29, 1.82) is 0 Å². The number of hydrogen-bond acceptors (Lipinski definition) is 2. The highest BCUT2D eigenvalue weighted by atomic mass is 16.3. The van der Waals surface area contributed by atoms with Crippen molar-refractivity contribution in [1.82, 2.24) is 9.78 Å². The molecule has 3 nitrogen and oxygen atoms in total. The highest BCUT2D eigenvalue weighted by Gasteiger charge is 2.06. The minimum atomic E-state index is 0.346. The number of rotatable bonds is 4. The van der Waals surface area contributed by atoms with Gasteiger partial charge in [0.1, 0.15) is 0 Å². The predicted octanol–water partition coefficient (Wildman–Crippen LogP) is 1.95. The predicted molar refractivity (Wildman–Crippen MR) is 48.2 cm³/mol. The molecular weight excluding hydrogens is 152 g/mol. The molecule has 0 amide bonds. The summed E-state index contributed by atoms with van der Waals surface area (Å²) in [5, 5.41) is 13.7. The Hall–Kier alpha value is -0.990. The Morgan fingerprint density at radius 2 is 2.17 bits per heavy atom. The summed E-state index contributed by atoms with van der Waals surface area (Å²) in [6.07, 6.45) is 4.72. The molecule has 1 heterocycles. The Kier molecular flexibility index (Phi) is 3.14. The molecule has 0 bridgehead atoms. The van der Waals surface area contributed by atoms with Crippen molar-refractivity contribution in [3.05, 3.63) is 11.8 Å². The van der Waals surface area contributed by atoms with Gasteiger partial charge in [-0.3, -0.25) is 0 Å². The Morgan fingerprint density at radius 3 is 2.75 bits per heavy atom. The third-order valence-corrected chi connectivity index (χ3v) is 1.84. The second-order valence-electron chi connectivity index (χ2n) is 2.97. The van der Waals surface area contributed by atoms with Crippen LogP contribution in [0.3, 0.4) is 0 Å². The molecule has 1 rings (SSSR count).